The summed E-state index contributed by atoms with van der Waals surface area (Å²) in [7, 11) is 1.68. The first-order valence-electron chi connectivity index (χ1n) is 3.10. The van der Waals surface area contributed by atoms with Crippen LogP contribution in [0.5, 0.6) is 0 Å². The van der Waals surface area contributed by atoms with Crippen LogP contribution in [0, 0.1) is 0 Å². The highest BCUT2D eigenvalue weighted by molar-refractivity contribution is 5.76. The third kappa shape index (κ3) is 0.892. The second-order valence-corrected chi connectivity index (χ2v) is 3.01. The van der Waals surface area contributed by atoms with E-state index in [0.29, 0.717) is 6.54 Å². The lowest BCUT2D eigenvalue weighted by Crippen LogP contribution is -2.69. The molecule has 4 nitrogen and oxygen atoms in total. The SMILES string of the molecule is CN1CC(C)(O)[C@H]1C(=O)O. The monoisotopic (exact) mass is 145 g/mol. The van der Waals surface area contributed by atoms with Gasteiger partial charge in [-0.2, -0.15) is 0 Å². The predicted molar refractivity (Wildman–Crippen MR) is 34.7 cm³/mol. The van der Waals surface area contributed by atoms with E-state index in [-0.39, 0.29) is 0 Å². The molecular formula is C6H11NO3. The third-order valence-corrected chi connectivity index (χ3v) is 1.83. The summed E-state index contributed by atoms with van der Waals surface area (Å²) in [6.07, 6.45) is 0. The van der Waals surface area contributed by atoms with E-state index >= 15 is 0 Å². The van der Waals surface area contributed by atoms with Gasteiger partial charge >= 0.3 is 5.97 Å². The number of rotatable bonds is 1. The Bertz CT molecular complexity index is 166. The maximum atomic E-state index is 10.4. The average molecular weight is 145 g/mol. The second-order valence-electron chi connectivity index (χ2n) is 3.01. The number of hydrogen-bond donors (Lipinski definition) is 2. The first-order chi connectivity index (χ1) is 4.45. The van der Waals surface area contributed by atoms with Crippen LogP contribution in [0.3, 0.4) is 0 Å². The number of carboxylic acid groups (broad SMARTS) is 1. The van der Waals surface area contributed by atoms with Crippen molar-refractivity contribution < 1.29 is 15.0 Å². The normalized spacial score (nSPS) is 40.9. The zero-order valence-electron chi connectivity index (χ0n) is 6.03. The van der Waals surface area contributed by atoms with Crippen molar-refractivity contribution in [3.63, 3.8) is 0 Å². The molecule has 58 valence electrons. The summed E-state index contributed by atoms with van der Waals surface area (Å²) in [5.74, 6) is -0.959. The molecule has 0 aromatic rings. The smallest absolute Gasteiger partial charge is 0.323 e. The fourth-order valence-electron chi connectivity index (χ4n) is 1.50. The Morgan fingerprint density at radius 1 is 1.80 bits per heavy atom. The van der Waals surface area contributed by atoms with E-state index in [1.165, 1.54) is 6.92 Å². The van der Waals surface area contributed by atoms with Crippen LogP contribution in [0.1, 0.15) is 6.92 Å². The van der Waals surface area contributed by atoms with E-state index in [1.807, 2.05) is 0 Å². The molecule has 1 aliphatic heterocycles. The number of nitrogens with zero attached hydrogens (tertiary/aromatic N) is 1. The van der Waals surface area contributed by atoms with Crippen molar-refractivity contribution in [1.29, 1.82) is 0 Å². The molecule has 2 N–H and O–H groups in total. The molecule has 0 saturated carbocycles. The summed E-state index contributed by atoms with van der Waals surface area (Å²) < 4.78 is 0. The number of likely N-dealkylation sites (N-methyl/N-ethyl adjacent to an activating group) is 1. The summed E-state index contributed by atoms with van der Waals surface area (Å²) in [5, 5.41) is 17.8. The minimum absolute atomic E-state index is 0.434. The minimum Gasteiger partial charge on any atom is -0.480 e. The molecule has 0 spiro atoms. The number of carboxylic acids is 1. The lowest BCUT2D eigenvalue weighted by Gasteiger charge is -2.48. The first kappa shape index (κ1) is 7.50. The molecule has 1 unspecified atom stereocenters. The first-order valence-corrected chi connectivity index (χ1v) is 3.10. The Labute approximate surface area is 59.1 Å². The van der Waals surface area contributed by atoms with Crippen LogP contribution in [-0.4, -0.2) is 46.3 Å². The van der Waals surface area contributed by atoms with Crippen LogP contribution in [0.25, 0.3) is 0 Å². The van der Waals surface area contributed by atoms with Gasteiger partial charge < -0.3 is 10.2 Å². The molecule has 1 aliphatic rings. The van der Waals surface area contributed by atoms with E-state index in [0.717, 1.165) is 0 Å². The molecule has 4 heteroatoms. The maximum Gasteiger partial charge on any atom is 0.323 e. The number of carbonyl (C=O) groups is 1. The topological polar surface area (TPSA) is 60.8 Å². The van der Waals surface area contributed by atoms with Crippen molar-refractivity contribution in [3.8, 4) is 0 Å². The minimum atomic E-state index is -1.04. The Balaban J connectivity index is 2.66. The lowest BCUT2D eigenvalue weighted by molar-refractivity contribution is -0.176. The maximum absolute atomic E-state index is 10.4. The number of β-amino-alcohol motifs (C(OH)–C–C–N with tert-alkyl or cyclic N) is 1. The van der Waals surface area contributed by atoms with Crippen LogP contribution < -0.4 is 0 Å². The van der Waals surface area contributed by atoms with Gasteiger partial charge in [0.25, 0.3) is 0 Å². The standard InChI is InChI=1S/C6H11NO3/c1-6(10)3-7(2)4(6)5(8)9/h4,10H,3H2,1-2H3,(H,8,9)/t4-,6?/m1/s1. The molecule has 10 heavy (non-hydrogen) atoms. The van der Waals surface area contributed by atoms with Gasteiger partial charge in [0.05, 0.1) is 0 Å². The van der Waals surface area contributed by atoms with Gasteiger partial charge in [-0.3, -0.25) is 9.69 Å². The molecule has 1 fully saturated rings. The lowest BCUT2D eigenvalue weighted by atomic mass is 9.86. The highest BCUT2D eigenvalue weighted by Gasteiger charge is 2.50. The fraction of sp³-hybridized carbons (Fsp3) is 0.833. The summed E-state index contributed by atoms with van der Waals surface area (Å²) in [4.78, 5) is 12.0. The quantitative estimate of drug-likeness (QED) is 0.504. The van der Waals surface area contributed by atoms with E-state index in [4.69, 9.17) is 5.11 Å². The van der Waals surface area contributed by atoms with E-state index in [1.54, 1.807) is 11.9 Å². The molecule has 1 rings (SSSR count). The Morgan fingerprint density at radius 2 is 2.30 bits per heavy atom. The zero-order chi connectivity index (χ0) is 7.94. The average Bonchev–Trinajstić information content (AvgIpc) is 1.58. The summed E-state index contributed by atoms with van der Waals surface area (Å²) in [5.41, 5.74) is -1.04. The van der Waals surface area contributed by atoms with E-state index in [9.17, 15) is 9.90 Å². The molecule has 2 atom stereocenters. The van der Waals surface area contributed by atoms with Crippen molar-refractivity contribution in [1.82, 2.24) is 4.90 Å². The van der Waals surface area contributed by atoms with Crippen LogP contribution in [0.15, 0.2) is 0 Å². The van der Waals surface area contributed by atoms with Crippen LogP contribution in [0.4, 0.5) is 0 Å². The molecule has 0 bridgehead atoms. The predicted octanol–water partition coefficient (Wildman–Crippen LogP) is -0.864. The Hall–Kier alpha value is -0.610. The molecule has 1 saturated heterocycles. The molecule has 0 amide bonds. The van der Waals surface area contributed by atoms with Crippen LogP contribution in [0.2, 0.25) is 0 Å². The molecular weight excluding hydrogens is 134 g/mol. The summed E-state index contributed by atoms with van der Waals surface area (Å²) in [6, 6.07) is -0.729. The third-order valence-electron chi connectivity index (χ3n) is 1.83. The van der Waals surface area contributed by atoms with Gasteiger partial charge in [-0.05, 0) is 14.0 Å². The Kier molecular flexibility index (Phi) is 1.45. The highest BCUT2D eigenvalue weighted by Crippen LogP contribution is 2.26. The number of likely N-dealkylation sites (tertiary alicyclic amines) is 1. The molecule has 0 aromatic carbocycles. The van der Waals surface area contributed by atoms with Gasteiger partial charge in [0.1, 0.15) is 11.6 Å². The van der Waals surface area contributed by atoms with E-state index in [2.05, 4.69) is 0 Å². The summed E-state index contributed by atoms with van der Waals surface area (Å²) >= 11 is 0. The largest absolute Gasteiger partial charge is 0.480 e. The number of aliphatic carboxylic acids is 1. The van der Waals surface area contributed by atoms with Crippen LogP contribution in [-0.2, 0) is 4.79 Å². The van der Waals surface area contributed by atoms with Gasteiger partial charge in [-0.1, -0.05) is 0 Å². The molecule has 0 radical (unpaired) electrons. The van der Waals surface area contributed by atoms with Gasteiger partial charge in [-0.15, -0.1) is 0 Å². The highest BCUT2D eigenvalue weighted by atomic mass is 16.4. The zero-order valence-corrected chi connectivity index (χ0v) is 6.03. The van der Waals surface area contributed by atoms with Gasteiger partial charge in [-0.25, -0.2) is 0 Å². The molecule has 0 aromatic heterocycles. The van der Waals surface area contributed by atoms with E-state index < -0.39 is 17.6 Å². The van der Waals surface area contributed by atoms with Gasteiger partial charge in [0.2, 0.25) is 0 Å². The fourth-order valence-corrected chi connectivity index (χ4v) is 1.50. The van der Waals surface area contributed by atoms with Gasteiger partial charge in [0, 0.05) is 6.54 Å². The summed E-state index contributed by atoms with van der Waals surface area (Å²) in [6.45, 7) is 1.97. The molecule has 1 heterocycles. The number of aliphatic hydroxyl groups is 1. The number of hydrogen-bond acceptors (Lipinski definition) is 3. The van der Waals surface area contributed by atoms with Crippen molar-refractivity contribution in [2.45, 2.75) is 18.6 Å². The van der Waals surface area contributed by atoms with Crippen molar-refractivity contribution in [2.24, 2.45) is 0 Å². The van der Waals surface area contributed by atoms with Gasteiger partial charge in [0.15, 0.2) is 0 Å². The van der Waals surface area contributed by atoms with Crippen molar-refractivity contribution in [3.05, 3.63) is 0 Å². The molecule has 0 aliphatic carbocycles. The van der Waals surface area contributed by atoms with Crippen LogP contribution >= 0.6 is 0 Å². The Morgan fingerprint density at radius 3 is 2.40 bits per heavy atom. The van der Waals surface area contributed by atoms with Crippen molar-refractivity contribution >= 4 is 5.97 Å². The van der Waals surface area contributed by atoms with Crippen molar-refractivity contribution in [2.75, 3.05) is 13.6 Å². The second kappa shape index (κ2) is 1.93.